The number of ether oxygens (including phenoxy) is 2. The summed E-state index contributed by atoms with van der Waals surface area (Å²) in [5, 5.41) is 7.83. The summed E-state index contributed by atoms with van der Waals surface area (Å²) in [6, 6.07) is 31.3. The van der Waals surface area contributed by atoms with Gasteiger partial charge in [-0.05, 0) is 59.8 Å². The van der Waals surface area contributed by atoms with Gasteiger partial charge < -0.3 is 14.5 Å². The molecule has 0 fully saturated rings. The monoisotopic (exact) mass is 621 g/mol. The molecule has 0 unspecified atom stereocenters. The number of amides is 1. The summed E-state index contributed by atoms with van der Waals surface area (Å²) in [4.78, 5) is 29.6. The van der Waals surface area contributed by atoms with Gasteiger partial charge in [0, 0.05) is 21.4 Å². The lowest BCUT2D eigenvalue weighted by Gasteiger charge is -2.12. The minimum atomic E-state index is -0.651. The number of nitrogens with one attached hydrogen (secondary N) is 2. The molecule has 218 valence electrons. The summed E-state index contributed by atoms with van der Waals surface area (Å²) in [6.45, 7) is 2.15. The third kappa shape index (κ3) is 5.88. The van der Waals surface area contributed by atoms with E-state index in [9.17, 15) is 9.59 Å². The Kier molecular flexibility index (Phi) is 8.32. The minimum Gasteiger partial charge on any atom is -0.490 e. The Labute approximate surface area is 263 Å². The largest absolute Gasteiger partial charge is 0.490 e. The zero-order chi connectivity index (χ0) is 30.6. The van der Waals surface area contributed by atoms with Crippen LogP contribution in [-0.4, -0.2) is 29.7 Å². The van der Waals surface area contributed by atoms with Gasteiger partial charge in [-0.1, -0.05) is 89.9 Å². The fourth-order valence-corrected chi connectivity index (χ4v) is 5.49. The third-order valence-corrected chi connectivity index (χ3v) is 7.54. The highest BCUT2D eigenvalue weighted by atomic mass is 35.5. The van der Waals surface area contributed by atoms with Crippen molar-refractivity contribution in [2.24, 2.45) is 5.10 Å². The quantitative estimate of drug-likeness (QED) is 0.0769. The van der Waals surface area contributed by atoms with Crippen LogP contribution in [0.4, 0.5) is 0 Å². The van der Waals surface area contributed by atoms with Crippen molar-refractivity contribution in [3.8, 4) is 22.6 Å². The van der Waals surface area contributed by atoms with Gasteiger partial charge in [0.15, 0.2) is 11.5 Å². The van der Waals surface area contributed by atoms with Gasteiger partial charge in [-0.25, -0.2) is 10.2 Å². The molecule has 6 aromatic rings. The van der Waals surface area contributed by atoms with Crippen molar-refractivity contribution in [3.05, 3.63) is 130 Å². The number of hydrazone groups is 1. The van der Waals surface area contributed by atoms with Crippen LogP contribution < -0.4 is 14.9 Å². The van der Waals surface area contributed by atoms with Crippen molar-refractivity contribution in [2.45, 2.75) is 6.92 Å². The van der Waals surface area contributed by atoms with Crippen LogP contribution in [0.15, 0.2) is 108 Å². The Balaban J connectivity index is 1.26. The lowest BCUT2D eigenvalue weighted by molar-refractivity contribution is 0.0728. The van der Waals surface area contributed by atoms with Gasteiger partial charge in [0.1, 0.15) is 5.69 Å². The number of carbonyl (C=O) groups excluding carboxylic acids is 2. The normalized spacial score (nSPS) is 11.2. The summed E-state index contributed by atoms with van der Waals surface area (Å²) >= 11 is 12.1. The molecular weight excluding hydrogens is 597 g/mol. The Bertz CT molecular complexity index is 2050. The van der Waals surface area contributed by atoms with Gasteiger partial charge in [0.25, 0.3) is 5.91 Å². The highest BCUT2D eigenvalue weighted by molar-refractivity contribution is 6.36. The molecule has 0 spiro atoms. The van der Waals surface area contributed by atoms with Gasteiger partial charge in [-0.3, -0.25) is 4.79 Å². The third-order valence-electron chi connectivity index (χ3n) is 6.99. The molecule has 0 aliphatic rings. The van der Waals surface area contributed by atoms with Crippen molar-refractivity contribution in [3.63, 3.8) is 0 Å². The van der Waals surface area contributed by atoms with Gasteiger partial charge in [0.05, 0.1) is 28.9 Å². The number of fused-ring (bicyclic) bond motifs is 3. The van der Waals surface area contributed by atoms with Crippen LogP contribution in [0.1, 0.15) is 33.3 Å². The molecule has 2 N–H and O–H groups in total. The van der Waals surface area contributed by atoms with Crippen molar-refractivity contribution in [2.75, 3.05) is 6.61 Å². The predicted octanol–water partition coefficient (Wildman–Crippen LogP) is 8.68. The Morgan fingerprint density at radius 2 is 1.66 bits per heavy atom. The molecule has 1 aromatic heterocycles. The summed E-state index contributed by atoms with van der Waals surface area (Å²) in [6.07, 6.45) is 1.49. The predicted molar refractivity (Wildman–Crippen MR) is 175 cm³/mol. The standard InChI is InChI=1S/C35H25Cl2N3O4/c1-2-43-30-18-21(12-17-29(30)44-35(42)26-16-14-24(36)19-28(26)37)20-38-40-34(41)33-31(23-9-4-3-5-10-23)27-15-13-22-8-6-7-11-25(22)32(27)39-33/h3-20,39H,2H2,1H3,(H,40,41). The number of benzene rings is 5. The molecule has 0 saturated carbocycles. The number of carbonyl (C=O) groups is 2. The topological polar surface area (TPSA) is 92.8 Å². The van der Waals surface area contributed by atoms with E-state index in [2.05, 4.69) is 21.6 Å². The van der Waals surface area contributed by atoms with Gasteiger partial charge >= 0.3 is 5.97 Å². The first kappa shape index (κ1) is 29.0. The van der Waals surface area contributed by atoms with Crippen molar-refractivity contribution < 1.29 is 19.1 Å². The number of aromatic amines is 1. The molecule has 5 aromatic carbocycles. The molecule has 1 heterocycles. The van der Waals surface area contributed by atoms with Gasteiger partial charge in [-0.15, -0.1) is 0 Å². The van der Waals surface area contributed by atoms with E-state index in [0.29, 0.717) is 28.6 Å². The van der Waals surface area contributed by atoms with Crippen LogP contribution in [0, 0.1) is 0 Å². The van der Waals surface area contributed by atoms with E-state index in [1.807, 2.05) is 67.6 Å². The maximum absolute atomic E-state index is 13.5. The molecule has 9 heteroatoms. The highest BCUT2D eigenvalue weighted by Gasteiger charge is 2.20. The Hall–Kier alpha value is -5.11. The second-order valence-corrected chi connectivity index (χ2v) is 10.6. The molecule has 6 rings (SSSR count). The first-order valence-corrected chi connectivity index (χ1v) is 14.5. The number of hydrogen-bond donors (Lipinski definition) is 2. The van der Waals surface area contributed by atoms with E-state index >= 15 is 0 Å². The zero-order valence-corrected chi connectivity index (χ0v) is 24.9. The van der Waals surface area contributed by atoms with Crippen LogP contribution >= 0.6 is 23.2 Å². The first-order chi connectivity index (χ1) is 21.4. The van der Waals surface area contributed by atoms with E-state index in [-0.39, 0.29) is 16.3 Å². The average Bonchev–Trinajstić information content (AvgIpc) is 3.43. The average molecular weight is 623 g/mol. The zero-order valence-electron chi connectivity index (χ0n) is 23.4. The molecule has 0 aliphatic carbocycles. The lowest BCUT2D eigenvalue weighted by Crippen LogP contribution is -2.18. The number of H-pyrrole nitrogens is 1. The number of esters is 1. The summed E-state index contributed by atoms with van der Waals surface area (Å²) in [7, 11) is 0. The smallest absolute Gasteiger partial charge is 0.345 e. The van der Waals surface area contributed by atoms with Crippen LogP contribution in [0.25, 0.3) is 32.8 Å². The van der Waals surface area contributed by atoms with E-state index in [1.54, 1.807) is 24.3 Å². The summed E-state index contributed by atoms with van der Waals surface area (Å²) in [5.74, 6) is -0.505. The van der Waals surface area contributed by atoms with Crippen molar-refractivity contribution in [1.29, 1.82) is 0 Å². The Morgan fingerprint density at radius 1 is 0.864 bits per heavy atom. The number of rotatable bonds is 8. The number of hydrogen-bond acceptors (Lipinski definition) is 5. The van der Waals surface area contributed by atoms with Crippen LogP contribution in [0.2, 0.25) is 10.0 Å². The van der Waals surface area contributed by atoms with Crippen LogP contribution in [0.5, 0.6) is 11.5 Å². The summed E-state index contributed by atoms with van der Waals surface area (Å²) < 4.78 is 11.3. The second kappa shape index (κ2) is 12.6. The van der Waals surface area contributed by atoms with E-state index in [4.69, 9.17) is 32.7 Å². The Morgan fingerprint density at radius 3 is 2.45 bits per heavy atom. The summed E-state index contributed by atoms with van der Waals surface area (Å²) in [5.41, 5.74) is 6.42. The molecule has 0 aliphatic heterocycles. The molecular formula is C35H25Cl2N3O4. The van der Waals surface area contributed by atoms with Crippen LogP contribution in [0.3, 0.4) is 0 Å². The van der Waals surface area contributed by atoms with Crippen LogP contribution in [-0.2, 0) is 0 Å². The molecule has 44 heavy (non-hydrogen) atoms. The maximum atomic E-state index is 13.5. The van der Waals surface area contributed by atoms with E-state index in [1.165, 1.54) is 18.3 Å². The van der Waals surface area contributed by atoms with E-state index in [0.717, 1.165) is 32.8 Å². The van der Waals surface area contributed by atoms with Gasteiger partial charge in [0.2, 0.25) is 0 Å². The molecule has 0 radical (unpaired) electrons. The maximum Gasteiger partial charge on any atom is 0.345 e. The number of nitrogens with zero attached hydrogens (tertiary/aromatic N) is 1. The first-order valence-electron chi connectivity index (χ1n) is 13.8. The molecule has 1 amide bonds. The van der Waals surface area contributed by atoms with Gasteiger partial charge in [-0.2, -0.15) is 5.10 Å². The fourth-order valence-electron chi connectivity index (χ4n) is 5.00. The SMILES string of the molecule is CCOc1cc(C=NNC(=O)c2[nH]c3c(ccc4ccccc43)c2-c2ccccc2)ccc1OC(=O)c1ccc(Cl)cc1Cl. The minimum absolute atomic E-state index is 0.173. The highest BCUT2D eigenvalue weighted by Crippen LogP contribution is 2.36. The van der Waals surface area contributed by atoms with Crippen molar-refractivity contribution >= 4 is 63.0 Å². The fraction of sp³-hybridized carbons (Fsp3) is 0.0571. The van der Waals surface area contributed by atoms with E-state index < -0.39 is 11.9 Å². The molecule has 0 bridgehead atoms. The number of aromatic nitrogens is 1. The molecule has 7 nitrogen and oxygen atoms in total. The van der Waals surface area contributed by atoms with Crippen molar-refractivity contribution in [1.82, 2.24) is 10.4 Å². The molecule has 0 saturated heterocycles. The molecule has 0 atom stereocenters. The number of halogens is 2. The lowest BCUT2D eigenvalue weighted by atomic mass is 9.99. The second-order valence-electron chi connectivity index (χ2n) is 9.80.